The van der Waals surface area contributed by atoms with E-state index in [-0.39, 0.29) is 11.8 Å². The van der Waals surface area contributed by atoms with Gasteiger partial charge in [0.2, 0.25) is 11.8 Å². The summed E-state index contributed by atoms with van der Waals surface area (Å²) in [5.41, 5.74) is 2.02. The minimum Gasteiger partial charge on any atom is -0.372 e. The second kappa shape index (κ2) is 10.3. The number of benzene rings is 1. The van der Waals surface area contributed by atoms with E-state index in [2.05, 4.69) is 32.2 Å². The van der Waals surface area contributed by atoms with E-state index in [1.54, 1.807) is 6.20 Å². The topological polar surface area (TPSA) is 68.8 Å². The Morgan fingerprint density at radius 3 is 2.26 bits per heavy atom. The van der Waals surface area contributed by atoms with Gasteiger partial charge in [-0.15, -0.1) is 0 Å². The Balaban J connectivity index is 1.15. The Labute approximate surface area is 184 Å². The molecule has 7 heteroatoms. The first kappa shape index (κ1) is 21.2. The van der Waals surface area contributed by atoms with E-state index in [1.807, 2.05) is 35.2 Å². The summed E-state index contributed by atoms with van der Waals surface area (Å²) in [6.07, 6.45) is 5.61. The minimum atomic E-state index is -0.0401. The van der Waals surface area contributed by atoms with Crippen molar-refractivity contribution in [3.63, 3.8) is 0 Å². The van der Waals surface area contributed by atoms with E-state index >= 15 is 0 Å². The van der Waals surface area contributed by atoms with Crippen molar-refractivity contribution in [2.45, 2.75) is 32.1 Å². The van der Waals surface area contributed by atoms with Crippen LogP contribution in [0.2, 0.25) is 0 Å². The Bertz CT molecular complexity index is 857. The molecular formula is C24H31N5O2. The van der Waals surface area contributed by atoms with Gasteiger partial charge in [0.1, 0.15) is 5.82 Å². The van der Waals surface area contributed by atoms with Crippen molar-refractivity contribution in [2.75, 3.05) is 54.4 Å². The van der Waals surface area contributed by atoms with Crippen LogP contribution in [0.5, 0.6) is 0 Å². The number of carbonyl (C=O) groups excluding carboxylic acids is 2. The van der Waals surface area contributed by atoms with Crippen molar-refractivity contribution < 1.29 is 9.59 Å². The van der Waals surface area contributed by atoms with E-state index < -0.39 is 0 Å². The molecule has 2 fully saturated rings. The van der Waals surface area contributed by atoms with E-state index in [0.29, 0.717) is 32.4 Å². The lowest BCUT2D eigenvalue weighted by Gasteiger charge is -2.35. The molecule has 2 saturated heterocycles. The number of rotatable bonds is 7. The fraction of sp³-hybridized carbons (Fsp3) is 0.458. The van der Waals surface area contributed by atoms with Gasteiger partial charge in [-0.25, -0.2) is 4.98 Å². The molecule has 2 aliphatic heterocycles. The fourth-order valence-electron chi connectivity index (χ4n) is 4.24. The number of amides is 2. The van der Waals surface area contributed by atoms with Crippen molar-refractivity contribution in [1.29, 1.82) is 0 Å². The number of piperazine rings is 1. The smallest absolute Gasteiger partial charge is 0.224 e. The highest BCUT2D eigenvalue weighted by atomic mass is 16.2. The number of nitrogens with one attached hydrogen (secondary N) is 1. The minimum absolute atomic E-state index is 0.0401. The Hall–Kier alpha value is -3.09. The molecule has 2 aliphatic rings. The van der Waals surface area contributed by atoms with Crippen molar-refractivity contribution in [1.82, 2.24) is 9.88 Å². The third-order valence-electron chi connectivity index (χ3n) is 6.02. The van der Waals surface area contributed by atoms with Crippen LogP contribution in [-0.4, -0.2) is 61.0 Å². The first-order chi connectivity index (χ1) is 15.2. The third kappa shape index (κ3) is 5.75. The SMILES string of the molecule is O=C(CCCC(=O)N1CCN(c2ccccn2)CC1)Nc1ccc(N2CCCC2)cc1. The second-order valence-corrected chi connectivity index (χ2v) is 8.20. The maximum atomic E-state index is 12.5. The number of anilines is 3. The molecule has 7 nitrogen and oxygen atoms in total. The lowest BCUT2D eigenvalue weighted by Crippen LogP contribution is -2.49. The number of carbonyl (C=O) groups is 2. The van der Waals surface area contributed by atoms with Gasteiger partial charge >= 0.3 is 0 Å². The van der Waals surface area contributed by atoms with Gasteiger partial charge < -0.3 is 20.0 Å². The van der Waals surface area contributed by atoms with Crippen LogP contribution in [-0.2, 0) is 9.59 Å². The molecule has 164 valence electrons. The molecular weight excluding hydrogens is 390 g/mol. The van der Waals surface area contributed by atoms with Crippen LogP contribution in [0.15, 0.2) is 48.7 Å². The van der Waals surface area contributed by atoms with Crippen LogP contribution in [0.25, 0.3) is 0 Å². The van der Waals surface area contributed by atoms with Gasteiger partial charge in [0.25, 0.3) is 0 Å². The fourth-order valence-corrected chi connectivity index (χ4v) is 4.24. The van der Waals surface area contributed by atoms with Crippen LogP contribution in [0.4, 0.5) is 17.2 Å². The monoisotopic (exact) mass is 421 g/mol. The number of pyridine rings is 1. The summed E-state index contributed by atoms with van der Waals surface area (Å²) < 4.78 is 0. The van der Waals surface area contributed by atoms with Gasteiger partial charge in [0.15, 0.2) is 0 Å². The molecule has 1 aromatic heterocycles. The number of aromatic nitrogens is 1. The molecule has 1 N–H and O–H groups in total. The molecule has 0 bridgehead atoms. The molecule has 0 saturated carbocycles. The quantitative estimate of drug-likeness (QED) is 0.744. The zero-order chi connectivity index (χ0) is 21.5. The van der Waals surface area contributed by atoms with Gasteiger partial charge in [-0.1, -0.05) is 6.07 Å². The maximum Gasteiger partial charge on any atom is 0.224 e. The molecule has 1 aromatic carbocycles. The van der Waals surface area contributed by atoms with E-state index in [0.717, 1.165) is 37.7 Å². The summed E-state index contributed by atoms with van der Waals surface area (Å²) in [5, 5.41) is 2.94. The lowest BCUT2D eigenvalue weighted by molar-refractivity contribution is -0.131. The van der Waals surface area contributed by atoms with Crippen molar-refractivity contribution in [2.24, 2.45) is 0 Å². The van der Waals surface area contributed by atoms with Crippen molar-refractivity contribution in [3.05, 3.63) is 48.7 Å². The maximum absolute atomic E-state index is 12.5. The summed E-state index contributed by atoms with van der Waals surface area (Å²) in [6.45, 7) is 5.19. The summed E-state index contributed by atoms with van der Waals surface area (Å²) in [7, 11) is 0. The van der Waals surface area contributed by atoms with Crippen molar-refractivity contribution >= 4 is 29.0 Å². The van der Waals surface area contributed by atoms with Crippen LogP contribution in [0.1, 0.15) is 32.1 Å². The van der Waals surface area contributed by atoms with Crippen LogP contribution in [0, 0.1) is 0 Å². The highest BCUT2D eigenvalue weighted by Gasteiger charge is 2.21. The molecule has 3 heterocycles. The standard InChI is InChI=1S/C24H31N5O2/c30-23(26-20-9-11-21(12-10-20)27-14-3-4-15-27)7-5-8-24(31)29-18-16-28(17-19-29)22-6-1-2-13-25-22/h1-2,6,9-13H,3-5,7-8,14-19H2,(H,26,30). The predicted octanol–water partition coefficient (Wildman–Crippen LogP) is 3.14. The van der Waals surface area contributed by atoms with Crippen LogP contribution < -0.4 is 15.1 Å². The molecule has 0 aliphatic carbocycles. The molecule has 0 radical (unpaired) electrons. The Morgan fingerprint density at radius 2 is 1.58 bits per heavy atom. The Kier molecular flexibility index (Phi) is 7.02. The predicted molar refractivity (Wildman–Crippen MR) is 123 cm³/mol. The number of nitrogens with zero attached hydrogens (tertiary/aromatic N) is 4. The number of hydrogen-bond donors (Lipinski definition) is 1. The zero-order valence-corrected chi connectivity index (χ0v) is 18.0. The average Bonchev–Trinajstić information content (AvgIpc) is 3.35. The number of hydrogen-bond acceptors (Lipinski definition) is 5. The van der Waals surface area contributed by atoms with Gasteiger partial charge in [-0.2, -0.15) is 0 Å². The largest absolute Gasteiger partial charge is 0.372 e. The molecule has 31 heavy (non-hydrogen) atoms. The summed E-state index contributed by atoms with van der Waals surface area (Å²) in [5.74, 6) is 1.05. The lowest BCUT2D eigenvalue weighted by atomic mass is 10.2. The highest BCUT2D eigenvalue weighted by molar-refractivity contribution is 5.91. The van der Waals surface area contributed by atoms with Gasteiger partial charge in [0, 0.05) is 69.7 Å². The van der Waals surface area contributed by atoms with E-state index in [1.165, 1.54) is 18.5 Å². The zero-order valence-electron chi connectivity index (χ0n) is 18.0. The van der Waals surface area contributed by atoms with E-state index in [9.17, 15) is 9.59 Å². The second-order valence-electron chi connectivity index (χ2n) is 8.20. The first-order valence-corrected chi connectivity index (χ1v) is 11.3. The Morgan fingerprint density at radius 1 is 0.839 bits per heavy atom. The van der Waals surface area contributed by atoms with E-state index in [4.69, 9.17) is 0 Å². The summed E-state index contributed by atoms with van der Waals surface area (Å²) in [4.78, 5) is 35.6. The van der Waals surface area contributed by atoms with Crippen LogP contribution >= 0.6 is 0 Å². The highest BCUT2D eigenvalue weighted by Crippen LogP contribution is 2.22. The molecule has 0 unspecified atom stereocenters. The summed E-state index contributed by atoms with van der Waals surface area (Å²) in [6, 6.07) is 13.9. The van der Waals surface area contributed by atoms with Crippen LogP contribution in [0.3, 0.4) is 0 Å². The normalized spacial score (nSPS) is 16.5. The molecule has 2 amide bonds. The summed E-state index contributed by atoms with van der Waals surface area (Å²) >= 11 is 0. The third-order valence-corrected chi connectivity index (χ3v) is 6.02. The molecule has 0 spiro atoms. The van der Waals surface area contributed by atoms with Crippen molar-refractivity contribution in [3.8, 4) is 0 Å². The van der Waals surface area contributed by atoms with Gasteiger partial charge in [0.05, 0.1) is 0 Å². The first-order valence-electron chi connectivity index (χ1n) is 11.3. The molecule has 4 rings (SSSR count). The van der Waals surface area contributed by atoms with Gasteiger partial charge in [-0.3, -0.25) is 9.59 Å². The molecule has 2 aromatic rings. The molecule has 0 atom stereocenters. The average molecular weight is 422 g/mol. The van der Waals surface area contributed by atoms with Gasteiger partial charge in [-0.05, 0) is 55.7 Å².